The van der Waals surface area contributed by atoms with Crippen LogP contribution in [-0.2, 0) is 0 Å². The van der Waals surface area contributed by atoms with Crippen molar-refractivity contribution >= 4 is 17.4 Å². The third kappa shape index (κ3) is 3.72. The molecule has 0 amide bonds. The van der Waals surface area contributed by atoms with Crippen molar-refractivity contribution in [2.45, 2.75) is 12.0 Å². The molecule has 3 rings (SSSR count). The first kappa shape index (κ1) is 17.2. The predicted octanol–water partition coefficient (Wildman–Crippen LogP) is 3.80. The van der Waals surface area contributed by atoms with Crippen molar-refractivity contribution in [2.24, 2.45) is 5.92 Å². The number of Topliss-reactive ketones (excluding diaryl/α,β-unsaturated/α-hetero) is 1. The predicted molar refractivity (Wildman–Crippen MR) is 94.2 cm³/mol. The minimum absolute atomic E-state index is 0.111. The van der Waals surface area contributed by atoms with E-state index in [1.54, 1.807) is 30.3 Å². The number of nitrogens with zero attached hydrogens (tertiary/aromatic N) is 1. The summed E-state index contributed by atoms with van der Waals surface area (Å²) in [5.41, 5.74) is -1.16. The summed E-state index contributed by atoms with van der Waals surface area (Å²) in [6, 6.07) is 15.1. The van der Waals surface area contributed by atoms with Crippen LogP contribution in [0.5, 0.6) is 0 Å². The maximum Gasteiger partial charge on any atom is 0.288 e. The molecule has 5 heteroatoms. The third-order valence-corrected chi connectivity index (χ3v) is 4.19. The Hall–Kier alpha value is -2.66. The number of hydrogen-bond acceptors (Lipinski definition) is 2. The molecule has 3 nitrogen and oxygen atoms in total. The second kappa shape index (κ2) is 7.07. The molecule has 1 aliphatic rings. The molecule has 1 N–H and O–H groups in total. The van der Waals surface area contributed by atoms with E-state index in [4.69, 9.17) is 11.6 Å². The van der Waals surface area contributed by atoms with Gasteiger partial charge in [-0.2, -0.15) is 0 Å². The van der Waals surface area contributed by atoms with Gasteiger partial charge in [-0.25, -0.2) is 4.39 Å². The van der Waals surface area contributed by atoms with Crippen molar-refractivity contribution in [1.29, 1.82) is 0 Å². The number of carbonyl (C=O) groups excluding carboxylic acids is 1. The molecule has 2 aromatic carbocycles. The zero-order valence-electron chi connectivity index (χ0n) is 13.2. The van der Waals surface area contributed by atoms with Crippen LogP contribution in [0.1, 0.15) is 22.3 Å². The van der Waals surface area contributed by atoms with Crippen LogP contribution >= 0.6 is 11.6 Å². The van der Waals surface area contributed by atoms with Gasteiger partial charge in [0.2, 0.25) is 0 Å². The number of rotatable bonds is 2. The smallest absolute Gasteiger partial charge is 0.288 e. The van der Waals surface area contributed by atoms with E-state index in [1.807, 2.05) is 0 Å². The van der Waals surface area contributed by atoms with Gasteiger partial charge >= 0.3 is 0 Å². The van der Waals surface area contributed by atoms with Crippen LogP contribution in [0.3, 0.4) is 0 Å². The fourth-order valence-electron chi connectivity index (χ4n) is 2.61. The Labute approximate surface area is 149 Å². The van der Waals surface area contributed by atoms with Crippen LogP contribution in [0.25, 0.3) is 4.85 Å². The molecular formula is C20H14ClFNO2+. The standard InChI is InChI=1S/C20H14ClFNO2/c21-15-5-3-4-14(12-15)8-9-20(25)10-11-23-13-17(20)19(24)16-6-1-2-7-18(16)22/h1-7,12,17,25H,10-11H2/q+1. The average Bonchev–Trinajstić information content (AvgIpc) is 2.60. The molecule has 0 saturated heterocycles. The molecule has 2 aromatic rings. The average molecular weight is 355 g/mol. The minimum atomic E-state index is -1.66. The van der Waals surface area contributed by atoms with Gasteiger partial charge in [0.15, 0.2) is 17.3 Å². The molecule has 124 valence electrons. The summed E-state index contributed by atoms with van der Waals surface area (Å²) in [5.74, 6) is 3.19. The van der Waals surface area contributed by atoms with Crippen LogP contribution in [0.4, 0.5) is 4.39 Å². The van der Waals surface area contributed by atoms with E-state index in [2.05, 4.69) is 22.8 Å². The first-order chi connectivity index (χ1) is 12.0. The summed E-state index contributed by atoms with van der Waals surface area (Å²) < 4.78 is 13.9. The van der Waals surface area contributed by atoms with Crippen LogP contribution in [0.15, 0.2) is 48.5 Å². The Morgan fingerprint density at radius 2 is 2.12 bits per heavy atom. The number of aliphatic hydroxyl groups is 1. The van der Waals surface area contributed by atoms with Crippen LogP contribution < -0.4 is 0 Å². The largest absolute Gasteiger partial charge is 0.375 e. The van der Waals surface area contributed by atoms with E-state index in [-0.39, 0.29) is 12.0 Å². The molecule has 0 aliphatic carbocycles. The van der Waals surface area contributed by atoms with E-state index in [0.29, 0.717) is 17.1 Å². The molecular weight excluding hydrogens is 341 g/mol. The first-order valence-corrected chi connectivity index (χ1v) is 8.09. The number of benzene rings is 2. The van der Waals surface area contributed by atoms with Gasteiger partial charge in [0.25, 0.3) is 12.6 Å². The fraction of sp³-hybridized carbons (Fsp3) is 0.200. The summed E-state index contributed by atoms with van der Waals surface area (Å²) in [4.78, 5) is 16.6. The fourth-order valence-corrected chi connectivity index (χ4v) is 2.80. The summed E-state index contributed by atoms with van der Waals surface area (Å²) >= 11 is 5.92. The second-order valence-corrected chi connectivity index (χ2v) is 6.16. The minimum Gasteiger partial charge on any atom is -0.375 e. The molecule has 0 aromatic heterocycles. The highest BCUT2D eigenvalue weighted by Gasteiger charge is 2.47. The quantitative estimate of drug-likeness (QED) is 0.658. The molecule has 0 spiro atoms. The third-order valence-electron chi connectivity index (χ3n) is 3.95. The van der Waals surface area contributed by atoms with E-state index in [0.717, 1.165) is 0 Å². The lowest BCUT2D eigenvalue weighted by Crippen LogP contribution is -2.43. The number of hydrogen-bond donors (Lipinski definition) is 1. The van der Waals surface area contributed by atoms with Gasteiger partial charge in [0.05, 0.1) is 12.0 Å². The van der Waals surface area contributed by atoms with Crippen molar-refractivity contribution < 1.29 is 14.3 Å². The molecule has 2 unspecified atom stereocenters. The lowest BCUT2D eigenvalue weighted by Gasteiger charge is -2.24. The highest BCUT2D eigenvalue weighted by Crippen LogP contribution is 2.28. The molecule has 1 aliphatic heterocycles. The van der Waals surface area contributed by atoms with Gasteiger partial charge < -0.3 is 5.11 Å². The highest BCUT2D eigenvalue weighted by atomic mass is 35.5. The molecule has 25 heavy (non-hydrogen) atoms. The SMILES string of the molecule is O=C(c1ccccc1F)C1C#[N+]CCC1(O)C#Cc1cccc(Cl)c1. The van der Waals surface area contributed by atoms with Gasteiger partial charge in [0.1, 0.15) is 5.82 Å². The van der Waals surface area contributed by atoms with Gasteiger partial charge in [-0.15, -0.1) is 0 Å². The molecule has 0 fully saturated rings. The second-order valence-electron chi connectivity index (χ2n) is 5.72. The van der Waals surface area contributed by atoms with E-state index in [9.17, 15) is 14.3 Å². The number of ketones is 1. The van der Waals surface area contributed by atoms with Crippen LogP contribution in [-0.4, -0.2) is 23.0 Å². The molecule has 0 saturated carbocycles. The summed E-state index contributed by atoms with van der Waals surface area (Å²) in [7, 11) is 0. The number of carbonyl (C=O) groups is 1. The van der Waals surface area contributed by atoms with E-state index < -0.39 is 23.1 Å². The van der Waals surface area contributed by atoms with E-state index in [1.165, 1.54) is 18.2 Å². The Balaban J connectivity index is 1.96. The van der Waals surface area contributed by atoms with Crippen LogP contribution in [0.2, 0.25) is 5.02 Å². The van der Waals surface area contributed by atoms with Gasteiger partial charge in [-0.1, -0.05) is 46.5 Å². The maximum absolute atomic E-state index is 13.9. The van der Waals surface area contributed by atoms with Gasteiger partial charge in [0, 0.05) is 10.6 Å². The molecule has 1 heterocycles. The monoisotopic (exact) mass is 354 g/mol. The molecule has 2 atom stereocenters. The molecule has 0 bridgehead atoms. The van der Waals surface area contributed by atoms with Crippen molar-refractivity contribution in [1.82, 2.24) is 0 Å². The zero-order valence-corrected chi connectivity index (χ0v) is 13.9. The van der Waals surface area contributed by atoms with E-state index >= 15 is 0 Å². The molecule has 0 radical (unpaired) electrons. The topological polar surface area (TPSA) is 41.7 Å². The van der Waals surface area contributed by atoms with Crippen molar-refractivity contribution in [3.8, 4) is 17.9 Å². The summed E-state index contributed by atoms with van der Waals surface area (Å²) in [6.45, 7) is 0.293. The zero-order chi connectivity index (χ0) is 17.9. The Morgan fingerprint density at radius 1 is 1.32 bits per heavy atom. The lowest BCUT2D eigenvalue weighted by molar-refractivity contribution is 0.0450. The maximum atomic E-state index is 13.9. The van der Waals surface area contributed by atoms with Crippen LogP contribution in [0, 0.1) is 29.6 Å². The summed E-state index contributed by atoms with van der Waals surface area (Å²) in [6.07, 6.45) is 0.165. The number of halogens is 2. The lowest BCUT2D eigenvalue weighted by atomic mass is 9.79. The Morgan fingerprint density at radius 3 is 2.88 bits per heavy atom. The van der Waals surface area contributed by atoms with Crippen molar-refractivity contribution in [2.75, 3.05) is 6.54 Å². The van der Waals surface area contributed by atoms with Crippen molar-refractivity contribution in [3.63, 3.8) is 0 Å². The highest BCUT2D eigenvalue weighted by molar-refractivity contribution is 6.30. The Kier molecular flexibility index (Phi) is 4.86. The normalized spacial score (nSPS) is 21.5. The Bertz CT molecular complexity index is 951. The van der Waals surface area contributed by atoms with Gasteiger partial charge in [-0.05, 0) is 30.3 Å². The van der Waals surface area contributed by atoms with Crippen molar-refractivity contribution in [3.05, 3.63) is 75.3 Å². The van der Waals surface area contributed by atoms with Gasteiger partial charge in [-0.3, -0.25) is 4.79 Å². The first-order valence-electron chi connectivity index (χ1n) is 7.71. The summed E-state index contributed by atoms with van der Waals surface area (Å²) in [5, 5.41) is 11.4.